The zero-order chi connectivity index (χ0) is 39.4. The van der Waals surface area contributed by atoms with Crippen LogP contribution < -0.4 is 14.9 Å². The molecule has 12 nitrogen and oxygen atoms in total. The molecular weight excluding hydrogens is 750 g/mol. The van der Waals surface area contributed by atoms with E-state index in [-0.39, 0.29) is 42.5 Å². The van der Waals surface area contributed by atoms with E-state index in [2.05, 4.69) is 15.4 Å². The highest BCUT2D eigenvalue weighted by Crippen LogP contribution is 2.47. The molecule has 3 amide bonds. The minimum absolute atomic E-state index is 0.0118. The molecule has 14 heteroatoms. The van der Waals surface area contributed by atoms with Crippen LogP contribution in [0.15, 0.2) is 72.9 Å². The number of nitrogens with one attached hydrogen (secondary N) is 2. The smallest absolute Gasteiger partial charge is 0.323 e. The van der Waals surface area contributed by atoms with Gasteiger partial charge < -0.3 is 24.4 Å². The van der Waals surface area contributed by atoms with Crippen molar-refractivity contribution in [2.24, 2.45) is 0 Å². The predicted molar refractivity (Wildman–Crippen MR) is 216 cm³/mol. The fourth-order valence-electron chi connectivity index (χ4n) is 8.02. The number of ether oxygens (including phenoxy) is 1. The van der Waals surface area contributed by atoms with Crippen LogP contribution in [-0.4, -0.2) is 82.3 Å². The van der Waals surface area contributed by atoms with Gasteiger partial charge in [-0.1, -0.05) is 43.7 Å². The highest BCUT2D eigenvalue weighted by atomic mass is 32.1. The third-order valence-electron chi connectivity index (χ3n) is 11.0. The molecule has 2 unspecified atom stereocenters. The second-order valence-corrected chi connectivity index (χ2v) is 18.4. The molecule has 5 atom stereocenters. The Morgan fingerprint density at radius 3 is 2.59 bits per heavy atom. The highest BCUT2D eigenvalue weighted by molar-refractivity contribution is 7.56. The molecule has 0 spiro atoms. The Bertz CT molecular complexity index is 2120. The SMILES string of the molecule is CCCCOC(=O)[C@H](C)NP(=O)(Cc1ccc2sc(C(=O)N[C@H]3CCCC4CC[C@@H](C(=O)N5CC(c6ncccc6C)C5)N4C3=O)cc2c1)Oc1ccccc1. The number of fused-ring (bicyclic) bond motifs is 2. The number of likely N-dealkylation sites (tertiary alicyclic amines) is 1. The van der Waals surface area contributed by atoms with Gasteiger partial charge in [-0.15, -0.1) is 11.3 Å². The van der Waals surface area contributed by atoms with Crippen LogP contribution in [-0.2, 0) is 29.8 Å². The summed E-state index contributed by atoms with van der Waals surface area (Å²) in [5.74, 6) is -0.469. The lowest BCUT2D eigenvalue weighted by Crippen LogP contribution is -2.58. The number of carbonyl (C=O) groups is 4. The lowest BCUT2D eigenvalue weighted by molar-refractivity contribution is -0.148. The molecular formula is C42H50N5O7PS. The van der Waals surface area contributed by atoms with Gasteiger partial charge in [-0.2, -0.15) is 0 Å². The number of carbonyl (C=O) groups excluding carboxylic acids is 4. The quantitative estimate of drug-likeness (QED) is 0.0785. The topological polar surface area (TPSA) is 147 Å². The van der Waals surface area contributed by atoms with E-state index in [1.165, 1.54) is 11.3 Å². The third-order valence-corrected chi connectivity index (χ3v) is 14.2. The molecule has 296 valence electrons. The average Bonchev–Trinajstić information content (AvgIpc) is 3.75. The molecule has 2 aromatic heterocycles. The summed E-state index contributed by atoms with van der Waals surface area (Å²) in [6.07, 6.45) is 6.87. The van der Waals surface area contributed by atoms with Crippen LogP contribution in [0.5, 0.6) is 5.75 Å². The maximum absolute atomic E-state index is 14.3. The van der Waals surface area contributed by atoms with Gasteiger partial charge in [0.2, 0.25) is 11.8 Å². The lowest BCUT2D eigenvalue weighted by Gasteiger charge is -2.42. The third kappa shape index (κ3) is 8.85. The first-order chi connectivity index (χ1) is 27.0. The molecule has 0 saturated carbocycles. The van der Waals surface area contributed by atoms with E-state index in [1.807, 2.05) is 55.1 Å². The van der Waals surface area contributed by atoms with Gasteiger partial charge in [0, 0.05) is 41.6 Å². The Balaban J connectivity index is 1.01. The van der Waals surface area contributed by atoms with E-state index < -0.39 is 31.6 Å². The van der Waals surface area contributed by atoms with Gasteiger partial charge >= 0.3 is 13.5 Å². The Labute approximate surface area is 331 Å². The van der Waals surface area contributed by atoms with Crippen molar-refractivity contribution in [1.82, 2.24) is 25.2 Å². The largest absolute Gasteiger partial charge is 0.465 e. The number of thiophene rings is 1. The second kappa shape index (κ2) is 17.3. The highest BCUT2D eigenvalue weighted by Gasteiger charge is 2.48. The Kier molecular flexibility index (Phi) is 12.2. The zero-order valence-corrected chi connectivity index (χ0v) is 33.9. The number of aromatic nitrogens is 1. The maximum atomic E-state index is 14.3. The van der Waals surface area contributed by atoms with Crippen molar-refractivity contribution in [3.63, 3.8) is 0 Å². The molecule has 0 aliphatic carbocycles. The summed E-state index contributed by atoms with van der Waals surface area (Å²) >= 11 is 1.31. The first-order valence-electron chi connectivity index (χ1n) is 19.7. The normalized spacial score (nSPS) is 21.4. The van der Waals surface area contributed by atoms with Crippen LogP contribution in [0.1, 0.15) is 91.2 Å². The molecule has 56 heavy (non-hydrogen) atoms. The number of nitrogens with zero attached hydrogens (tertiary/aromatic N) is 3. The molecule has 4 aromatic rings. The fraction of sp³-hybridized carbons (Fsp3) is 0.452. The van der Waals surface area contributed by atoms with Crippen LogP contribution in [0, 0.1) is 6.92 Å². The molecule has 3 aliphatic rings. The van der Waals surface area contributed by atoms with Crippen LogP contribution in [0.3, 0.4) is 0 Å². The summed E-state index contributed by atoms with van der Waals surface area (Å²) in [5.41, 5.74) is 2.83. The van der Waals surface area contributed by atoms with Crippen molar-refractivity contribution in [2.45, 2.75) is 102 Å². The summed E-state index contributed by atoms with van der Waals surface area (Å²) in [6, 6.07) is 18.0. The number of hydrogen-bond donors (Lipinski definition) is 2. The van der Waals surface area contributed by atoms with Crippen molar-refractivity contribution in [1.29, 1.82) is 0 Å². The van der Waals surface area contributed by atoms with Crippen molar-refractivity contribution in [2.75, 3.05) is 19.7 Å². The molecule has 3 aliphatic heterocycles. The first kappa shape index (κ1) is 39.6. The molecule has 5 heterocycles. The van der Waals surface area contributed by atoms with Crippen molar-refractivity contribution >= 4 is 52.6 Å². The number of para-hydroxylation sites is 1. The van der Waals surface area contributed by atoms with Crippen molar-refractivity contribution in [3.8, 4) is 5.75 Å². The van der Waals surface area contributed by atoms with E-state index in [9.17, 15) is 23.7 Å². The summed E-state index contributed by atoms with van der Waals surface area (Å²) in [7, 11) is -3.68. The Morgan fingerprint density at radius 2 is 1.82 bits per heavy atom. The number of esters is 1. The predicted octanol–water partition coefficient (Wildman–Crippen LogP) is 6.97. The standard InChI is InChI=1S/C42H50N5O7PS/c1-4-5-21-53-42(51)28(3)45-55(52,54-33-13-7-6-8-14-33)26-29-16-19-36-30(22-29)23-37(56-36)39(48)44-34-15-9-12-32-17-18-35(47(32)40(34)49)41(50)46-24-31(25-46)38-27(2)11-10-20-43-38/h6-8,10-11,13-14,16,19-20,22-23,28,31-32,34-35H,4-5,9,12,15,17-18,21,24-26H2,1-3H3,(H,44,48)(H,45,52)/t28-,32?,34-,35-,55?/m0/s1. The summed E-state index contributed by atoms with van der Waals surface area (Å²) in [4.78, 5) is 62.9. The number of rotatable bonds is 14. The van der Waals surface area contributed by atoms with Gasteiger partial charge in [-0.05, 0) is 105 Å². The molecule has 3 fully saturated rings. The van der Waals surface area contributed by atoms with Crippen LogP contribution in [0.4, 0.5) is 0 Å². The molecule has 3 saturated heterocycles. The lowest BCUT2D eigenvalue weighted by atomic mass is 9.92. The molecule has 7 rings (SSSR count). The van der Waals surface area contributed by atoms with E-state index in [1.54, 1.807) is 48.4 Å². The Morgan fingerprint density at radius 1 is 1.02 bits per heavy atom. The number of hydrogen-bond acceptors (Lipinski definition) is 9. The number of aryl methyl sites for hydroxylation is 1. The second-order valence-electron chi connectivity index (χ2n) is 15.2. The summed E-state index contributed by atoms with van der Waals surface area (Å²) in [6.45, 7) is 7.12. The van der Waals surface area contributed by atoms with Crippen LogP contribution >= 0.6 is 18.9 Å². The van der Waals surface area contributed by atoms with Gasteiger partial charge in [0.05, 0.1) is 17.6 Å². The van der Waals surface area contributed by atoms with E-state index in [0.717, 1.165) is 53.4 Å². The number of unbranched alkanes of at least 4 members (excludes halogenated alkanes) is 1. The minimum Gasteiger partial charge on any atom is -0.465 e. The molecule has 2 N–H and O–H groups in total. The van der Waals surface area contributed by atoms with Crippen molar-refractivity contribution in [3.05, 3.63) is 94.6 Å². The molecule has 0 radical (unpaired) electrons. The van der Waals surface area contributed by atoms with Gasteiger partial charge in [0.15, 0.2) is 0 Å². The maximum Gasteiger partial charge on any atom is 0.323 e. The van der Waals surface area contributed by atoms with E-state index in [4.69, 9.17) is 9.26 Å². The first-order valence-corrected chi connectivity index (χ1v) is 22.3. The van der Waals surface area contributed by atoms with Gasteiger partial charge in [-0.25, -0.2) is 5.09 Å². The fourth-order valence-corrected chi connectivity index (χ4v) is 11.0. The van der Waals surface area contributed by atoms with Crippen LogP contribution in [0.25, 0.3) is 10.1 Å². The van der Waals surface area contributed by atoms with E-state index in [0.29, 0.717) is 42.1 Å². The van der Waals surface area contributed by atoms with Crippen molar-refractivity contribution < 1.29 is 33.0 Å². The monoisotopic (exact) mass is 799 g/mol. The van der Waals surface area contributed by atoms with E-state index >= 15 is 0 Å². The van der Waals surface area contributed by atoms with Gasteiger partial charge in [0.25, 0.3) is 5.91 Å². The number of pyridine rings is 1. The van der Waals surface area contributed by atoms with Crippen LogP contribution in [0.2, 0.25) is 0 Å². The molecule has 0 bridgehead atoms. The zero-order valence-electron chi connectivity index (χ0n) is 32.1. The number of amides is 3. The summed E-state index contributed by atoms with van der Waals surface area (Å²) < 4.78 is 26.6. The van der Waals surface area contributed by atoms with Gasteiger partial charge in [0.1, 0.15) is 23.9 Å². The number of benzene rings is 2. The summed E-state index contributed by atoms with van der Waals surface area (Å²) in [5, 5.41) is 6.72. The average molecular weight is 800 g/mol. The Hall–Kier alpha value is -4.58. The minimum atomic E-state index is -3.68. The van der Waals surface area contributed by atoms with Gasteiger partial charge in [-0.3, -0.25) is 28.7 Å². The molecule has 2 aromatic carbocycles.